The Kier molecular flexibility index (Phi) is 13.8. The third-order valence-electron chi connectivity index (χ3n) is 9.65. The number of rotatable bonds is 16. The Labute approximate surface area is 335 Å². The lowest BCUT2D eigenvalue weighted by Crippen LogP contribution is -2.46. The van der Waals surface area contributed by atoms with Gasteiger partial charge in [-0.05, 0) is 53.3 Å². The van der Waals surface area contributed by atoms with E-state index < -0.39 is 65.0 Å². The molecule has 0 saturated carbocycles. The summed E-state index contributed by atoms with van der Waals surface area (Å²) in [7, 11) is -1.43. The number of aliphatic hydroxyl groups is 1. The number of hydrogen-bond donors (Lipinski definition) is 2. The molecule has 10 nitrogen and oxygen atoms in total. The van der Waals surface area contributed by atoms with E-state index in [-0.39, 0.29) is 26.6 Å². The molecule has 0 aliphatic rings. The Balaban J connectivity index is 1.50. The van der Waals surface area contributed by atoms with Gasteiger partial charge in [0.1, 0.15) is 6.04 Å². The first kappa shape index (κ1) is 43.3. The molecule has 5 aromatic rings. The summed E-state index contributed by atoms with van der Waals surface area (Å²) in [5.74, 6) is -4.06. The van der Waals surface area contributed by atoms with Crippen molar-refractivity contribution in [2.75, 3.05) is 20.3 Å². The number of alkyl carbamates (subject to hydrolysis) is 1. The van der Waals surface area contributed by atoms with Crippen molar-refractivity contribution in [2.45, 2.75) is 68.6 Å². The highest BCUT2D eigenvalue weighted by Crippen LogP contribution is 2.44. The van der Waals surface area contributed by atoms with Gasteiger partial charge in [-0.1, -0.05) is 93.6 Å². The minimum absolute atomic E-state index is 0.0330. The number of thiophene rings is 1. The zero-order chi connectivity index (χ0) is 41.5. The molecule has 57 heavy (non-hydrogen) atoms. The van der Waals surface area contributed by atoms with Gasteiger partial charge >= 0.3 is 12.3 Å². The van der Waals surface area contributed by atoms with Gasteiger partial charge in [0, 0.05) is 47.4 Å². The summed E-state index contributed by atoms with van der Waals surface area (Å²) >= 11 is 0.688. The van der Waals surface area contributed by atoms with E-state index in [0.29, 0.717) is 40.1 Å². The predicted molar refractivity (Wildman–Crippen MR) is 213 cm³/mol. The lowest BCUT2D eigenvalue weighted by Gasteiger charge is -2.32. The molecule has 0 spiro atoms. The van der Waals surface area contributed by atoms with Crippen molar-refractivity contribution in [1.82, 2.24) is 19.4 Å². The Morgan fingerprint density at radius 1 is 0.895 bits per heavy atom. The molecule has 5 rings (SSSR count). The summed E-state index contributed by atoms with van der Waals surface area (Å²) in [5, 5.41) is 17.6. The number of aryl methyl sites for hydroxylation is 1. The number of aliphatic hydroxyl groups excluding tert-OH is 1. The molecular weight excluding hydrogens is 778 g/mol. The second kappa shape index (κ2) is 18.2. The van der Waals surface area contributed by atoms with Crippen molar-refractivity contribution in [2.24, 2.45) is 12.5 Å². The average molecular weight is 825 g/mol. The van der Waals surface area contributed by atoms with Crippen LogP contribution < -0.4 is 5.32 Å². The number of sulfonamides is 1. The number of ether oxygens (including phenoxy) is 1. The normalized spacial score (nSPS) is 14.0. The lowest BCUT2D eigenvalue weighted by molar-refractivity contribution is -0.156. The van der Waals surface area contributed by atoms with Gasteiger partial charge in [-0.2, -0.15) is 22.6 Å². The molecule has 0 aliphatic heterocycles. The molecule has 3 aromatic carbocycles. The number of alkyl halides is 3. The largest absolute Gasteiger partial charge is 0.453 e. The highest BCUT2D eigenvalue weighted by Gasteiger charge is 2.46. The van der Waals surface area contributed by atoms with E-state index in [9.17, 15) is 23.1 Å². The number of halogens is 3. The SMILES string of the molecule is COC(=O)N[C@H](C(=O)C[C@H](c1ccc([C@@H](CO)N(CCC(C)(C)C)S(=O)(=O)c2ccc(-c3ccn(C)n3)cc2)s1)C(F)(F)F)C(c1ccccc1)c1ccccc1. The Bertz CT molecular complexity index is 2160. The third kappa shape index (κ3) is 10.8. The van der Waals surface area contributed by atoms with Gasteiger partial charge in [0.05, 0.1) is 36.3 Å². The fourth-order valence-electron chi connectivity index (χ4n) is 6.59. The first-order valence-electron chi connectivity index (χ1n) is 18.3. The number of methoxy groups -OCH3 is 1. The molecule has 15 heteroatoms. The van der Waals surface area contributed by atoms with Gasteiger partial charge in [0.25, 0.3) is 0 Å². The van der Waals surface area contributed by atoms with E-state index in [2.05, 4.69) is 10.4 Å². The van der Waals surface area contributed by atoms with Gasteiger partial charge in [0.2, 0.25) is 10.0 Å². The number of hydrogen-bond acceptors (Lipinski definition) is 8. The summed E-state index contributed by atoms with van der Waals surface area (Å²) in [6, 6.07) is 25.2. The molecule has 304 valence electrons. The summed E-state index contributed by atoms with van der Waals surface area (Å²) in [4.78, 5) is 26.7. The van der Waals surface area contributed by atoms with Crippen LogP contribution in [0.2, 0.25) is 0 Å². The van der Waals surface area contributed by atoms with E-state index >= 15 is 13.2 Å². The molecule has 1 amide bonds. The maximum Gasteiger partial charge on any atom is 0.407 e. The van der Waals surface area contributed by atoms with Crippen LogP contribution >= 0.6 is 11.3 Å². The van der Waals surface area contributed by atoms with Crippen LogP contribution in [0.4, 0.5) is 18.0 Å². The number of nitrogens with one attached hydrogen (secondary N) is 1. The molecule has 3 atom stereocenters. The van der Waals surface area contributed by atoms with Gasteiger partial charge in [-0.25, -0.2) is 13.2 Å². The van der Waals surface area contributed by atoms with Crippen molar-refractivity contribution < 1.29 is 41.0 Å². The monoisotopic (exact) mass is 824 g/mol. The highest BCUT2D eigenvalue weighted by molar-refractivity contribution is 7.89. The first-order valence-corrected chi connectivity index (χ1v) is 20.5. The zero-order valence-corrected chi connectivity index (χ0v) is 33.9. The van der Waals surface area contributed by atoms with E-state index in [1.165, 1.54) is 24.3 Å². The van der Waals surface area contributed by atoms with Crippen molar-refractivity contribution in [3.8, 4) is 11.3 Å². The molecule has 2 aromatic heterocycles. The maximum absolute atomic E-state index is 15.1. The molecule has 0 unspecified atom stereocenters. The summed E-state index contributed by atoms with van der Waals surface area (Å²) in [6.45, 7) is 5.05. The fourth-order valence-corrected chi connectivity index (χ4v) is 9.49. The van der Waals surface area contributed by atoms with Crippen LogP contribution in [-0.4, -0.2) is 72.0 Å². The van der Waals surface area contributed by atoms with Crippen molar-refractivity contribution in [3.05, 3.63) is 130 Å². The van der Waals surface area contributed by atoms with Crippen LogP contribution in [0.1, 0.15) is 72.4 Å². The summed E-state index contributed by atoms with van der Waals surface area (Å²) in [6.07, 6.45) is -4.79. The Hall–Kier alpha value is -4.83. The number of Topliss-reactive ketones (excluding diaryl/α,β-unsaturated/α-hetero) is 1. The second-order valence-corrected chi connectivity index (χ2v) is 18.0. The lowest BCUT2D eigenvalue weighted by atomic mass is 9.81. The maximum atomic E-state index is 15.1. The summed E-state index contributed by atoms with van der Waals surface area (Å²) in [5.41, 5.74) is 2.19. The fraction of sp³-hybridized carbons (Fsp3) is 0.357. The van der Waals surface area contributed by atoms with Crippen molar-refractivity contribution in [3.63, 3.8) is 0 Å². The number of aromatic nitrogens is 2. The van der Waals surface area contributed by atoms with Crippen LogP contribution in [0.5, 0.6) is 0 Å². The van der Waals surface area contributed by atoms with E-state index in [1.54, 1.807) is 96.8 Å². The number of carbonyl (C=O) groups excluding carboxylic acids is 2. The van der Waals surface area contributed by atoms with Crippen LogP contribution in [0.15, 0.2) is 114 Å². The molecule has 0 bridgehead atoms. The molecule has 0 fully saturated rings. The number of benzene rings is 3. The van der Waals surface area contributed by atoms with Crippen LogP contribution in [0.25, 0.3) is 11.3 Å². The second-order valence-electron chi connectivity index (χ2n) is 14.9. The number of amides is 1. The molecule has 0 saturated heterocycles. The van der Waals surface area contributed by atoms with Crippen molar-refractivity contribution in [1.29, 1.82) is 0 Å². The Morgan fingerprint density at radius 3 is 1.96 bits per heavy atom. The Morgan fingerprint density at radius 2 is 1.47 bits per heavy atom. The van der Waals surface area contributed by atoms with Gasteiger partial charge in [0.15, 0.2) is 5.78 Å². The standard InChI is InChI=1S/C42H47F3N4O6S2/c1-41(2,3)23-25-49(57(53,54)31-18-16-28(17-19-31)33-22-24-48(4)47-33)34(27-50)37-21-20-36(56-37)32(42(43,44)45)26-35(51)39(46-40(52)55-5)38(29-12-8-6-9-13-29)30-14-10-7-11-15-30/h6-22,24,32,34,38-39,50H,23,25-27H2,1-5H3,(H,46,52)/t32-,34-,39-/m1/s1. The van der Waals surface area contributed by atoms with Crippen molar-refractivity contribution >= 4 is 33.2 Å². The molecule has 2 N–H and O–H groups in total. The average Bonchev–Trinajstić information content (AvgIpc) is 3.84. The predicted octanol–water partition coefficient (Wildman–Crippen LogP) is 8.47. The highest BCUT2D eigenvalue weighted by atomic mass is 32.2. The molecule has 2 heterocycles. The van der Waals surface area contributed by atoms with E-state index in [4.69, 9.17) is 4.74 Å². The third-order valence-corrected chi connectivity index (χ3v) is 12.9. The quantitative estimate of drug-likeness (QED) is 0.102. The van der Waals surface area contributed by atoms with Gasteiger partial charge < -0.3 is 15.2 Å². The van der Waals surface area contributed by atoms with E-state index in [1.807, 2.05) is 20.8 Å². The first-order chi connectivity index (χ1) is 26.9. The molecule has 0 aliphatic carbocycles. The minimum Gasteiger partial charge on any atom is -0.453 e. The number of carbonyl (C=O) groups is 2. The topological polar surface area (TPSA) is 131 Å². The van der Waals surface area contributed by atoms with Crippen LogP contribution in [0, 0.1) is 5.41 Å². The minimum atomic E-state index is -4.91. The zero-order valence-electron chi connectivity index (χ0n) is 32.3. The van der Waals surface area contributed by atoms with Gasteiger partial charge in [-0.15, -0.1) is 11.3 Å². The number of ketones is 1. The molecule has 0 radical (unpaired) electrons. The van der Waals surface area contributed by atoms with Crippen LogP contribution in [-0.2, 0) is 26.6 Å². The molecular formula is C42H47F3N4O6S2. The summed E-state index contributed by atoms with van der Waals surface area (Å²) < 4.78 is 81.4. The number of nitrogens with zero attached hydrogens (tertiary/aromatic N) is 3. The van der Waals surface area contributed by atoms with Crippen LogP contribution in [0.3, 0.4) is 0 Å². The van der Waals surface area contributed by atoms with E-state index in [0.717, 1.165) is 11.4 Å². The smallest absolute Gasteiger partial charge is 0.407 e. The van der Waals surface area contributed by atoms with Gasteiger partial charge in [-0.3, -0.25) is 9.48 Å².